The van der Waals surface area contributed by atoms with Gasteiger partial charge in [0.05, 0.1) is 4.90 Å². The minimum atomic E-state index is -2.02. The third-order valence-electron chi connectivity index (χ3n) is 2.00. The van der Waals surface area contributed by atoms with Gasteiger partial charge in [-0.25, -0.2) is 8.42 Å². The van der Waals surface area contributed by atoms with Crippen LogP contribution >= 0.6 is 0 Å². The van der Waals surface area contributed by atoms with Crippen LogP contribution in [-0.4, -0.2) is 87.7 Å². The fourth-order valence-corrected chi connectivity index (χ4v) is 1.46. The Morgan fingerprint density at radius 2 is 1.17 bits per heavy atom. The molecule has 2 rings (SSSR count). The van der Waals surface area contributed by atoms with E-state index >= 15 is 0 Å². The number of aliphatic hydroxyl groups excluding tert-OH is 1. The fourth-order valence-electron chi connectivity index (χ4n) is 1.07. The Balaban J connectivity index is -0.000000261. The molecule has 3 N–H and O–H groups in total. The quantitative estimate of drug-likeness (QED) is 0.538. The van der Waals surface area contributed by atoms with Gasteiger partial charge in [-0.2, -0.15) is 0 Å². The number of aliphatic hydroxyl groups is 1. The van der Waals surface area contributed by atoms with Gasteiger partial charge in [-0.15, -0.1) is 0 Å². The second-order valence-electron chi connectivity index (χ2n) is 3.67. The van der Waals surface area contributed by atoms with Crippen molar-refractivity contribution in [3.63, 3.8) is 0 Å². The molecule has 9 heteroatoms. The third-order valence-corrected chi connectivity index (χ3v) is 2.89. The molecule has 120 valence electrons. The number of aryl methyl sites for hydroxylation is 1. The van der Waals surface area contributed by atoms with E-state index in [4.69, 9.17) is 14.2 Å². The average Bonchev–Trinajstić information content (AvgIpc) is 2.50. The summed E-state index contributed by atoms with van der Waals surface area (Å²) in [7, 11) is 0. The maximum absolute atomic E-state index is 10.3. The van der Waals surface area contributed by atoms with Crippen LogP contribution in [0.5, 0.6) is 0 Å². The predicted molar refractivity (Wildman–Crippen MR) is 98.8 cm³/mol. The zero-order valence-corrected chi connectivity index (χ0v) is 13.1. The first-order chi connectivity index (χ1) is 9.97. The zero-order chi connectivity index (χ0) is 16.1. The van der Waals surface area contributed by atoms with Gasteiger partial charge in [-0.1, -0.05) is 54.1 Å². The van der Waals surface area contributed by atoms with Crippen molar-refractivity contribution >= 4 is 81.3 Å². The van der Waals surface area contributed by atoms with Gasteiger partial charge in [0.15, 0.2) is 22.2 Å². The summed E-state index contributed by atoms with van der Waals surface area (Å²) in [6, 6.07) is 18.7. The van der Waals surface area contributed by atoms with Crippen LogP contribution < -0.4 is 0 Å². The van der Waals surface area contributed by atoms with E-state index in [2.05, 4.69) is 19.1 Å². The molecule has 5 nitrogen and oxygen atoms in total. The summed E-state index contributed by atoms with van der Waals surface area (Å²) >= 11 is -3.85. The summed E-state index contributed by atoms with van der Waals surface area (Å²) in [5.41, 5.74) is 1.32. The Morgan fingerprint density at radius 1 is 0.826 bits per heavy atom. The molecule has 2 atom stereocenters. The predicted octanol–water partition coefficient (Wildman–Crippen LogP) is 1.12. The summed E-state index contributed by atoms with van der Waals surface area (Å²) in [6.45, 7) is 2.08. The molecule has 2 aromatic carbocycles. The molecular formula is C14H20Na2O5S2. The first-order valence-electron chi connectivity index (χ1n) is 5.83. The van der Waals surface area contributed by atoms with E-state index in [1.165, 1.54) is 5.56 Å². The van der Waals surface area contributed by atoms with E-state index in [0.717, 1.165) is 0 Å². The van der Waals surface area contributed by atoms with Crippen molar-refractivity contribution < 1.29 is 22.6 Å². The van der Waals surface area contributed by atoms with Crippen LogP contribution in [0.3, 0.4) is 0 Å². The molecule has 0 saturated carbocycles. The molecule has 0 radical (unpaired) electrons. The normalized spacial score (nSPS) is 11.0. The topological polar surface area (TPSA) is 94.8 Å². The summed E-state index contributed by atoms with van der Waals surface area (Å²) in [6.07, 6.45) is 0. The molecule has 2 aromatic rings. The molecule has 0 bridgehead atoms. The third kappa shape index (κ3) is 18.8. The monoisotopic (exact) mass is 378 g/mol. The second-order valence-corrected chi connectivity index (χ2v) is 5.54. The van der Waals surface area contributed by atoms with E-state index in [9.17, 15) is 8.42 Å². The molecule has 2 unspecified atom stereocenters. The van der Waals surface area contributed by atoms with Crippen molar-refractivity contribution in [2.24, 2.45) is 0 Å². The van der Waals surface area contributed by atoms with Gasteiger partial charge in [0.25, 0.3) is 0 Å². The Bertz CT molecular complexity index is 541. The van der Waals surface area contributed by atoms with E-state index in [-0.39, 0.29) is 59.1 Å². The van der Waals surface area contributed by atoms with E-state index < -0.39 is 28.1 Å². The van der Waals surface area contributed by atoms with E-state index in [1.807, 2.05) is 18.2 Å². The van der Waals surface area contributed by atoms with Crippen LogP contribution in [0.2, 0.25) is 0 Å². The van der Waals surface area contributed by atoms with Gasteiger partial charge in [-0.05, 0) is 19.1 Å². The number of hydrogen-bond donors (Lipinski definition) is 3. The second kappa shape index (κ2) is 19.0. The molecule has 23 heavy (non-hydrogen) atoms. The molecule has 0 aliphatic carbocycles. The van der Waals surface area contributed by atoms with Crippen molar-refractivity contribution in [1.29, 1.82) is 0 Å². The van der Waals surface area contributed by atoms with Crippen LogP contribution in [0.15, 0.2) is 65.6 Å². The van der Waals surface area contributed by atoms with Gasteiger partial charge < -0.3 is 14.2 Å². The van der Waals surface area contributed by atoms with E-state index in [1.54, 1.807) is 30.3 Å². The van der Waals surface area contributed by atoms with Crippen LogP contribution in [0, 0.1) is 6.92 Å². The number of benzene rings is 2. The SMILES string of the molecule is Cc1ccccc1.O=S(O)CO.O=S(O)c1ccccc1.[NaH].[NaH]. The van der Waals surface area contributed by atoms with Crippen LogP contribution in [0.25, 0.3) is 0 Å². The van der Waals surface area contributed by atoms with Crippen molar-refractivity contribution in [3.05, 3.63) is 66.2 Å². The molecule has 0 aliphatic heterocycles. The van der Waals surface area contributed by atoms with Crippen LogP contribution in [0.1, 0.15) is 5.56 Å². The fraction of sp³-hybridized carbons (Fsp3) is 0.143. The molecule has 0 aromatic heterocycles. The van der Waals surface area contributed by atoms with Gasteiger partial charge in [0.1, 0.15) is 5.94 Å². The number of hydrogen-bond acceptors (Lipinski definition) is 3. The molecule has 0 spiro atoms. The standard InChI is InChI=1S/C7H8.C6H6O2S.CH4O3S.2Na.2H/c1-7-5-3-2-4-6-7;7-9(8)6-4-2-1-3-5-6;2-1-5(3)4;;;;/h2-6H,1H3;1-5H,(H,7,8);2H,1H2,(H,3,4);;;;. The summed E-state index contributed by atoms with van der Waals surface area (Å²) in [4.78, 5) is 0.442. The molecule has 0 heterocycles. The van der Waals surface area contributed by atoms with Crippen molar-refractivity contribution in [3.8, 4) is 0 Å². The van der Waals surface area contributed by atoms with Crippen LogP contribution in [-0.2, 0) is 22.2 Å². The van der Waals surface area contributed by atoms with Crippen molar-refractivity contribution in [1.82, 2.24) is 0 Å². The molecule has 0 aliphatic rings. The zero-order valence-electron chi connectivity index (χ0n) is 11.5. The molecule has 0 amide bonds. The van der Waals surface area contributed by atoms with Crippen molar-refractivity contribution in [2.45, 2.75) is 11.8 Å². The maximum atomic E-state index is 10.3. The Morgan fingerprint density at radius 3 is 1.35 bits per heavy atom. The Kier molecular flexibility index (Phi) is 23.4. The molecular weight excluding hydrogens is 358 g/mol. The minimum absolute atomic E-state index is 0. The Hall–Kier alpha value is 0.620. The van der Waals surface area contributed by atoms with E-state index in [0.29, 0.717) is 4.90 Å². The number of rotatable bonds is 2. The molecule has 0 saturated heterocycles. The summed E-state index contributed by atoms with van der Waals surface area (Å²) < 4.78 is 35.6. The van der Waals surface area contributed by atoms with Gasteiger partial charge in [-0.3, -0.25) is 0 Å². The van der Waals surface area contributed by atoms with Gasteiger partial charge >= 0.3 is 59.1 Å². The van der Waals surface area contributed by atoms with Gasteiger partial charge in [0, 0.05) is 0 Å². The average molecular weight is 378 g/mol. The van der Waals surface area contributed by atoms with Gasteiger partial charge in [0.2, 0.25) is 0 Å². The first-order valence-corrected chi connectivity index (χ1v) is 8.21. The summed E-state index contributed by atoms with van der Waals surface area (Å²) in [5, 5.41) is 7.59. The Labute approximate surface area is 186 Å². The van der Waals surface area contributed by atoms with Crippen molar-refractivity contribution in [2.75, 3.05) is 5.94 Å². The summed E-state index contributed by atoms with van der Waals surface area (Å²) in [5.74, 6) is -0.667. The first kappa shape index (κ1) is 28.4. The van der Waals surface area contributed by atoms with Crippen LogP contribution in [0.4, 0.5) is 0 Å². The molecule has 0 fully saturated rings.